The highest BCUT2D eigenvalue weighted by Gasteiger charge is 2.38. The van der Waals surface area contributed by atoms with Crippen molar-refractivity contribution in [2.24, 2.45) is 0 Å². The fraction of sp³-hybridized carbons (Fsp3) is 0.462. The van der Waals surface area contributed by atoms with Crippen LogP contribution in [0.25, 0.3) is 0 Å². The van der Waals surface area contributed by atoms with Crippen LogP contribution in [0.15, 0.2) is 18.2 Å². The summed E-state index contributed by atoms with van der Waals surface area (Å²) >= 11 is 0. The van der Waals surface area contributed by atoms with Crippen molar-refractivity contribution in [1.29, 1.82) is 0 Å². The largest absolute Gasteiger partial charge is 0.480 e. The average Bonchev–Trinajstić information content (AvgIpc) is 2.78. The number of nitrogens with one attached hydrogen (secondary N) is 1. The Balaban J connectivity index is 1.96. The molecule has 0 bridgehead atoms. The van der Waals surface area contributed by atoms with Gasteiger partial charge < -0.3 is 20.4 Å². The summed E-state index contributed by atoms with van der Waals surface area (Å²) in [5, 5.41) is 21.1. The molecule has 108 valence electrons. The molecule has 1 aromatic heterocycles. The number of β-amino-alcohol motifs (C(OH)–C–C–N with tert-alkyl or cyclic N) is 1. The van der Waals surface area contributed by atoms with Crippen LogP contribution in [0.1, 0.15) is 17.8 Å². The molecule has 1 fully saturated rings. The van der Waals surface area contributed by atoms with Gasteiger partial charge in [0.05, 0.1) is 18.3 Å². The lowest BCUT2D eigenvalue weighted by atomic mass is 10.2. The Labute approximate surface area is 116 Å². The van der Waals surface area contributed by atoms with E-state index in [1.165, 1.54) is 0 Å². The highest BCUT2D eigenvalue weighted by atomic mass is 16.4. The summed E-state index contributed by atoms with van der Waals surface area (Å²) in [5.74, 6) is -1.11. The van der Waals surface area contributed by atoms with Crippen LogP contribution in [-0.4, -0.2) is 50.8 Å². The van der Waals surface area contributed by atoms with Crippen LogP contribution in [-0.2, 0) is 11.3 Å². The van der Waals surface area contributed by atoms with Crippen LogP contribution < -0.4 is 5.32 Å². The van der Waals surface area contributed by atoms with Crippen molar-refractivity contribution < 1.29 is 19.8 Å². The molecule has 0 spiro atoms. The third kappa shape index (κ3) is 3.24. The summed E-state index contributed by atoms with van der Waals surface area (Å²) in [4.78, 5) is 28.4. The van der Waals surface area contributed by atoms with Gasteiger partial charge in [-0.3, -0.25) is 4.98 Å². The van der Waals surface area contributed by atoms with Crippen LogP contribution in [0.2, 0.25) is 0 Å². The zero-order valence-corrected chi connectivity index (χ0v) is 11.1. The normalized spacial score (nSPS) is 21.8. The topological polar surface area (TPSA) is 103 Å². The summed E-state index contributed by atoms with van der Waals surface area (Å²) in [6.07, 6.45) is -0.732. The van der Waals surface area contributed by atoms with E-state index in [9.17, 15) is 14.7 Å². The highest BCUT2D eigenvalue weighted by molar-refractivity contribution is 5.83. The summed E-state index contributed by atoms with van der Waals surface area (Å²) in [7, 11) is 0. The van der Waals surface area contributed by atoms with E-state index in [1.54, 1.807) is 6.07 Å². The maximum Gasteiger partial charge on any atom is 0.326 e. The maximum absolute atomic E-state index is 12.0. The first-order valence-electron chi connectivity index (χ1n) is 6.35. The van der Waals surface area contributed by atoms with Crippen molar-refractivity contribution in [2.45, 2.75) is 32.0 Å². The van der Waals surface area contributed by atoms with Gasteiger partial charge in [0, 0.05) is 18.7 Å². The van der Waals surface area contributed by atoms with Gasteiger partial charge in [-0.25, -0.2) is 9.59 Å². The van der Waals surface area contributed by atoms with E-state index < -0.39 is 24.1 Å². The van der Waals surface area contributed by atoms with Gasteiger partial charge in [0.15, 0.2) is 0 Å². The van der Waals surface area contributed by atoms with E-state index in [2.05, 4.69) is 10.3 Å². The molecule has 2 heterocycles. The quantitative estimate of drug-likeness (QED) is 0.729. The van der Waals surface area contributed by atoms with Gasteiger partial charge in [0.2, 0.25) is 0 Å². The van der Waals surface area contributed by atoms with Gasteiger partial charge in [-0.15, -0.1) is 0 Å². The van der Waals surface area contributed by atoms with Crippen LogP contribution in [0.4, 0.5) is 4.79 Å². The number of carboxylic acids is 1. The van der Waals surface area contributed by atoms with E-state index in [0.717, 1.165) is 10.6 Å². The number of aromatic nitrogens is 1. The zero-order chi connectivity index (χ0) is 14.7. The Kier molecular flexibility index (Phi) is 4.19. The summed E-state index contributed by atoms with van der Waals surface area (Å²) < 4.78 is 0. The molecule has 2 amide bonds. The summed E-state index contributed by atoms with van der Waals surface area (Å²) in [5.41, 5.74) is 1.54. The second kappa shape index (κ2) is 5.87. The van der Waals surface area contributed by atoms with E-state index >= 15 is 0 Å². The van der Waals surface area contributed by atoms with Crippen molar-refractivity contribution in [1.82, 2.24) is 15.2 Å². The molecule has 7 nitrogen and oxygen atoms in total. The van der Waals surface area contributed by atoms with Gasteiger partial charge >= 0.3 is 12.0 Å². The Bertz CT molecular complexity index is 520. The molecule has 0 aliphatic carbocycles. The number of aliphatic hydroxyl groups excluding tert-OH is 1. The third-order valence-corrected chi connectivity index (χ3v) is 3.19. The fourth-order valence-corrected chi connectivity index (χ4v) is 2.24. The Morgan fingerprint density at radius 1 is 1.50 bits per heavy atom. The number of nitrogens with zero attached hydrogens (tertiary/aromatic N) is 2. The number of likely N-dealkylation sites (tertiary alicyclic amines) is 1. The molecule has 0 unspecified atom stereocenters. The predicted octanol–water partition coefficient (Wildman–Crippen LogP) is 0.119. The second-order valence-corrected chi connectivity index (χ2v) is 4.82. The molecular formula is C13H17N3O4. The van der Waals surface area contributed by atoms with Crippen molar-refractivity contribution >= 4 is 12.0 Å². The number of carboxylic acid groups (broad SMARTS) is 1. The van der Waals surface area contributed by atoms with Crippen molar-refractivity contribution in [2.75, 3.05) is 6.54 Å². The minimum Gasteiger partial charge on any atom is -0.480 e. The molecule has 2 atom stereocenters. The van der Waals surface area contributed by atoms with E-state index in [0.29, 0.717) is 5.69 Å². The smallest absolute Gasteiger partial charge is 0.326 e. The van der Waals surface area contributed by atoms with E-state index in [1.807, 2.05) is 19.1 Å². The minimum atomic E-state index is -1.11. The van der Waals surface area contributed by atoms with Gasteiger partial charge in [0.1, 0.15) is 6.04 Å². The first-order chi connectivity index (χ1) is 9.47. The number of urea groups is 1. The Hall–Kier alpha value is -2.15. The van der Waals surface area contributed by atoms with E-state index in [-0.39, 0.29) is 19.5 Å². The van der Waals surface area contributed by atoms with Crippen molar-refractivity contribution in [3.05, 3.63) is 29.6 Å². The van der Waals surface area contributed by atoms with Crippen molar-refractivity contribution in [3.8, 4) is 0 Å². The lowest BCUT2D eigenvalue weighted by Crippen LogP contribution is -2.46. The Morgan fingerprint density at radius 2 is 2.25 bits per heavy atom. The minimum absolute atomic E-state index is 0.0318. The molecule has 1 aromatic rings. The number of aliphatic hydroxyl groups is 1. The number of carbonyl (C=O) groups is 2. The third-order valence-electron chi connectivity index (χ3n) is 3.19. The van der Waals surface area contributed by atoms with Crippen LogP contribution >= 0.6 is 0 Å². The standard InChI is InChI=1S/C13H17N3O4/c1-8-3-2-4-9(15-8)6-14-13(20)16-7-10(17)5-11(16)12(18)19/h2-4,10-11,17H,5-7H2,1H3,(H,14,20)(H,18,19)/t10-,11-/m0/s1. The van der Waals surface area contributed by atoms with Gasteiger partial charge in [-0.2, -0.15) is 0 Å². The van der Waals surface area contributed by atoms with Gasteiger partial charge in [0.25, 0.3) is 0 Å². The molecular weight excluding hydrogens is 262 g/mol. The monoisotopic (exact) mass is 279 g/mol. The molecule has 1 saturated heterocycles. The highest BCUT2D eigenvalue weighted by Crippen LogP contribution is 2.18. The molecule has 3 N–H and O–H groups in total. The number of aliphatic carboxylic acids is 1. The molecule has 0 radical (unpaired) electrons. The molecule has 1 aliphatic rings. The number of rotatable bonds is 3. The summed E-state index contributed by atoms with van der Waals surface area (Å²) in [6.45, 7) is 2.10. The number of amides is 2. The number of carbonyl (C=O) groups excluding carboxylic acids is 1. The van der Waals surface area contributed by atoms with Gasteiger partial charge in [-0.1, -0.05) is 6.07 Å². The lowest BCUT2D eigenvalue weighted by Gasteiger charge is -2.21. The lowest BCUT2D eigenvalue weighted by molar-refractivity contribution is -0.141. The van der Waals surface area contributed by atoms with E-state index in [4.69, 9.17) is 5.11 Å². The maximum atomic E-state index is 12.0. The van der Waals surface area contributed by atoms with Crippen LogP contribution in [0.5, 0.6) is 0 Å². The van der Waals surface area contributed by atoms with Crippen LogP contribution in [0.3, 0.4) is 0 Å². The molecule has 2 rings (SSSR count). The second-order valence-electron chi connectivity index (χ2n) is 4.82. The number of hydrogen-bond acceptors (Lipinski definition) is 4. The summed E-state index contributed by atoms with van der Waals surface area (Å²) in [6, 6.07) is 3.99. The SMILES string of the molecule is Cc1cccc(CNC(=O)N2C[C@@H](O)C[C@H]2C(=O)O)n1. The fourth-order valence-electron chi connectivity index (χ4n) is 2.24. The zero-order valence-electron chi connectivity index (χ0n) is 11.1. The number of pyridine rings is 1. The first kappa shape index (κ1) is 14.3. The Morgan fingerprint density at radius 3 is 2.90 bits per heavy atom. The number of hydrogen-bond donors (Lipinski definition) is 3. The number of aryl methyl sites for hydroxylation is 1. The molecule has 1 aliphatic heterocycles. The predicted molar refractivity (Wildman–Crippen MR) is 70.0 cm³/mol. The average molecular weight is 279 g/mol. The molecule has 7 heteroatoms. The molecule has 0 aromatic carbocycles. The van der Waals surface area contributed by atoms with Crippen LogP contribution in [0, 0.1) is 6.92 Å². The molecule has 0 saturated carbocycles. The first-order valence-corrected chi connectivity index (χ1v) is 6.35. The van der Waals surface area contributed by atoms with Crippen molar-refractivity contribution in [3.63, 3.8) is 0 Å². The van der Waals surface area contributed by atoms with Gasteiger partial charge in [-0.05, 0) is 19.1 Å². The molecule has 20 heavy (non-hydrogen) atoms.